The van der Waals surface area contributed by atoms with Gasteiger partial charge in [0.25, 0.3) is 5.91 Å². The zero-order valence-corrected chi connectivity index (χ0v) is 17.0. The SMILES string of the molecule is CCOc1cc(Cl)c(Cl)c(/C=N/NC(=O)COc2ccc(C)cc2[N+](=O)[O-])c1O. The number of hydrogen-bond donors (Lipinski definition) is 2. The van der Waals surface area contributed by atoms with E-state index < -0.39 is 17.4 Å². The van der Waals surface area contributed by atoms with Gasteiger partial charge in [-0.25, -0.2) is 5.43 Å². The summed E-state index contributed by atoms with van der Waals surface area (Å²) in [6, 6.07) is 5.73. The Bertz CT molecular complexity index is 965. The Morgan fingerprint density at radius 3 is 2.69 bits per heavy atom. The number of benzene rings is 2. The van der Waals surface area contributed by atoms with Crippen molar-refractivity contribution in [3.8, 4) is 17.2 Å². The van der Waals surface area contributed by atoms with E-state index >= 15 is 0 Å². The Morgan fingerprint density at radius 2 is 2.03 bits per heavy atom. The van der Waals surface area contributed by atoms with Gasteiger partial charge < -0.3 is 14.6 Å². The average molecular weight is 442 g/mol. The highest BCUT2D eigenvalue weighted by molar-refractivity contribution is 6.43. The molecule has 0 bridgehead atoms. The molecule has 0 atom stereocenters. The number of carbonyl (C=O) groups excluding carboxylic acids is 1. The number of nitrogens with zero attached hydrogens (tertiary/aromatic N) is 2. The summed E-state index contributed by atoms with van der Waals surface area (Å²) in [5.74, 6) is -0.897. The average Bonchev–Trinajstić information content (AvgIpc) is 2.67. The maximum absolute atomic E-state index is 11.9. The minimum Gasteiger partial charge on any atom is -0.504 e. The third-order valence-electron chi connectivity index (χ3n) is 3.55. The molecule has 0 aliphatic heterocycles. The molecular weight excluding hydrogens is 425 g/mol. The van der Waals surface area contributed by atoms with Crippen LogP contribution in [0.2, 0.25) is 10.0 Å². The van der Waals surface area contributed by atoms with Crippen molar-refractivity contribution in [2.24, 2.45) is 5.10 Å². The zero-order chi connectivity index (χ0) is 21.6. The molecule has 0 radical (unpaired) electrons. The van der Waals surface area contributed by atoms with Crippen molar-refractivity contribution in [1.82, 2.24) is 5.43 Å². The number of aromatic hydroxyl groups is 1. The highest BCUT2D eigenvalue weighted by Crippen LogP contribution is 2.39. The van der Waals surface area contributed by atoms with Crippen molar-refractivity contribution in [2.45, 2.75) is 13.8 Å². The predicted molar refractivity (Wildman–Crippen MR) is 108 cm³/mol. The number of hydrogen-bond acceptors (Lipinski definition) is 7. The standard InChI is InChI=1S/C18H17Cl2N3O6/c1-3-28-15-7-12(19)17(20)11(18(15)25)8-21-22-16(24)9-29-14-5-4-10(2)6-13(14)23(26)27/h4-8,25H,3,9H2,1-2H3,(H,22,24)/b21-8+. The van der Waals surface area contributed by atoms with E-state index in [1.54, 1.807) is 19.9 Å². The smallest absolute Gasteiger partial charge is 0.311 e. The molecular formula is C18H17Cl2N3O6. The van der Waals surface area contributed by atoms with Crippen LogP contribution in [-0.2, 0) is 4.79 Å². The van der Waals surface area contributed by atoms with E-state index in [0.717, 1.165) is 6.21 Å². The third kappa shape index (κ3) is 5.72. The number of amides is 1. The molecule has 11 heteroatoms. The summed E-state index contributed by atoms with van der Waals surface area (Å²) in [4.78, 5) is 22.4. The molecule has 0 aliphatic rings. The number of nitro benzene ring substituents is 1. The molecule has 0 aromatic heterocycles. The first kappa shape index (κ1) is 22.3. The molecule has 9 nitrogen and oxygen atoms in total. The van der Waals surface area contributed by atoms with Crippen LogP contribution in [0.25, 0.3) is 0 Å². The summed E-state index contributed by atoms with van der Waals surface area (Å²) in [6.07, 6.45) is 1.10. The second kappa shape index (κ2) is 9.94. The summed E-state index contributed by atoms with van der Waals surface area (Å²) in [7, 11) is 0. The number of nitro groups is 1. The van der Waals surface area contributed by atoms with Crippen LogP contribution in [0.15, 0.2) is 29.4 Å². The van der Waals surface area contributed by atoms with Gasteiger partial charge in [0.15, 0.2) is 23.9 Å². The van der Waals surface area contributed by atoms with Gasteiger partial charge in [0.2, 0.25) is 0 Å². The van der Waals surface area contributed by atoms with Crippen LogP contribution in [-0.4, -0.2) is 35.4 Å². The van der Waals surface area contributed by atoms with Crippen LogP contribution in [0.5, 0.6) is 17.2 Å². The number of ether oxygens (including phenoxy) is 2. The number of phenolic OH excluding ortho intramolecular Hbond substituents is 1. The second-order valence-corrected chi connectivity index (χ2v) is 6.46. The number of aryl methyl sites for hydroxylation is 1. The molecule has 2 rings (SSSR count). The molecule has 0 fully saturated rings. The lowest BCUT2D eigenvalue weighted by atomic mass is 10.2. The molecule has 0 saturated carbocycles. The summed E-state index contributed by atoms with van der Waals surface area (Å²) in [5, 5.41) is 25.1. The highest BCUT2D eigenvalue weighted by atomic mass is 35.5. The molecule has 2 aromatic carbocycles. The molecule has 154 valence electrons. The Balaban J connectivity index is 2.05. The summed E-state index contributed by atoms with van der Waals surface area (Å²) >= 11 is 12.0. The van der Waals surface area contributed by atoms with Gasteiger partial charge in [0.1, 0.15) is 0 Å². The van der Waals surface area contributed by atoms with E-state index in [2.05, 4.69) is 10.5 Å². The van der Waals surface area contributed by atoms with Crippen molar-refractivity contribution in [3.63, 3.8) is 0 Å². The van der Waals surface area contributed by atoms with Crippen molar-refractivity contribution in [3.05, 3.63) is 55.6 Å². The van der Waals surface area contributed by atoms with Gasteiger partial charge in [0.05, 0.1) is 33.4 Å². The summed E-state index contributed by atoms with van der Waals surface area (Å²) in [5.41, 5.74) is 2.66. The Labute approximate surface area is 176 Å². The third-order valence-corrected chi connectivity index (χ3v) is 4.35. The molecule has 0 spiro atoms. The molecule has 0 heterocycles. The lowest BCUT2D eigenvalue weighted by Crippen LogP contribution is -2.24. The van der Waals surface area contributed by atoms with Crippen LogP contribution >= 0.6 is 23.2 Å². The summed E-state index contributed by atoms with van der Waals surface area (Å²) in [6.45, 7) is 3.21. The van der Waals surface area contributed by atoms with Crippen molar-refractivity contribution in [2.75, 3.05) is 13.2 Å². The fraction of sp³-hybridized carbons (Fsp3) is 0.222. The van der Waals surface area contributed by atoms with Crippen LogP contribution in [0.4, 0.5) is 5.69 Å². The van der Waals surface area contributed by atoms with Gasteiger partial charge in [-0.1, -0.05) is 29.3 Å². The zero-order valence-electron chi connectivity index (χ0n) is 15.4. The quantitative estimate of drug-likeness (QED) is 0.364. The minimum atomic E-state index is -0.682. The maximum atomic E-state index is 11.9. The van der Waals surface area contributed by atoms with E-state index in [9.17, 15) is 20.0 Å². The van der Waals surface area contributed by atoms with Crippen LogP contribution in [0.1, 0.15) is 18.1 Å². The molecule has 2 N–H and O–H groups in total. The lowest BCUT2D eigenvalue weighted by molar-refractivity contribution is -0.385. The largest absolute Gasteiger partial charge is 0.504 e. The van der Waals surface area contributed by atoms with Crippen LogP contribution in [0.3, 0.4) is 0 Å². The van der Waals surface area contributed by atoms with E-state index in [0.29, 0.717) is 12.2 Å². The van der Waals surface area contributed by atoms with Gasteiger partial charge >= 0.3 is 5.69 Å². The Hall–Kier alpha value is -3.04. The van der Waals surface area contributed by atoms with Crippen LogP contribution in [0, 0.1) is 17.0 Å². The first-order valence-corrected chi connectivity index (χ1v) is 9.03. The first-order chi connectivity index (χ1) is 13.7. The van der Waals surface area contributed by atoms with E-state index in [1.807, 2.05) is 0 Å². The van der Waals surface area contributed by atoms with Gasteiger partial charge in [-0.3, -0.25) is 14.9 Å². The Kier molecular flexibility index (Phi) is 7.63. The van der Waals surface area contributed by atoms with E-state index in [4.69, 9.17) is 32.7 Å². The lowest BCUT2D eigenvalue weighted by Gasteiger charge is -2.11. The topological polar surface area (TPSA) is 123 Å². The fourth-order valence-electron chi connectivity index (χ4n) is 2.23. The predicted octanol–water partition coefficient (Wildman–Crippen LogP) is 3.84. The number of halogens is 2. The number of rotatable bonds is 8. The number of carbonyl (C=O) groups is 1. The van der Waals surface area contributed by atoms with Gasteiger partial charge in [-0.05, 0) is 25.5 Å². The van der Waals surface area contributed by atoms with Crippen molar-refractivity contribution in [1.29, 1.82) is 0 Å². The van der Waals surface area contributed by atoms with Crippen molar-refractivity contribution < 1.29 is 24.3 Å². The molecule has 0 unspecified atom stereocenters. The highest BCUT2D eigenvalue weighted by Gasteiger charge is 2.17. The van der Waals surface area contributed by atoms with Gasteiger partial charge in [0, 0.05) is 12.1 Å². The second-order valence-electron chi connectivity index (χ2n) is 5.68. The molecule has 2 aromatic rings. The normalized spacial score (nSPS) is 10.8. The molecule has 29 heavy (non-hydrogen) atoms. The van der Waals surface area contributed by atoms with Crippen molar-refractivity contribution >= 4 is 41.0 Å². The molecule has 1 amide bonds. The van der Waals surface area contributed by atoms with Gasteiger partial charge in [-0.15, -0.1) is 0 Å². The Morgan fingerprint density at radius 1 is 1.31 bits per heavy atom. The minimum absolute atomic E-state index is 0.0251. The number of nitrogens with one attached hydrogen (secondary N) is 1. The van der Waals surface area contributed by atoms with Crippen LogP contribution < -0.4 is 14.9 Å². The van der Waals surface area contributed by atoms with E-state index in [-0.39, 0.29) is 38.5 Å². The first-order valence-electron chi connectivity index (χ1n) is 8.28. The summed E-state index contributed by atoms with van der Waals surface area (Å²) < 4.78 is 10.4. The van der Waals surface area contributed by atoms with Gasteiger partial charge in [-0.2, -0.15) is 5.10 Å². The van der Waals surface area contributed by atoms with E-state index in [1.165, 1.54) is 18.2 Å². The molecule has 0 saturated heterocycles. The fourth-order valence-corrected chi connectivity index (χ4v) is 2.63. The number of hydrazone groups is 1. The monoisotopic (exact) mass is 441 g/mol. The maximum Gasteiger partial charge on any atom is 0.311 e. The number of phenols is 1. The molecule has 0 aliphatic carbocycles.